The van der Waals surface area contributed by atoms with Crippen LogP contribution in [0.1, 0.15) is 0 Å². The molecule has 1 aromatic rings. The van der Waals surface area contributed by atoms with E-state index in [4.69, 9.17) is 0 Å². The molecule has 0 spiro atoms. The molecule has 0 atom stereocenters. The monoisotopic (exact) mass is 205 g/mol. The van der Waals surface area contributed by atoms with Gasteiger partial charge in [0.2, 0.25) is 0 Å². The van der Waals surface area contributed by atoms with Crippen molar-refractivity contribution in [2.75, 3.05) is 0 Å². The summed E-state index contributed by atoms with van der Waals surface area (Å²) in [5, 5.41) is 9.83. The molecular weight excluding hydrogens is 201 g/mol. The van der Waals surface area contributed by atoms with E-state index in [1.165, 1.54) is 0 Å². The van der Waals surface area contributed by atoms with Gasteiger partial charge in [-0.05, 0) is 12.1 Å². The molecule has 76 valence electrons. The summed E-state index contributed by atoms with van der Waals surface area (Å²) in [6.07, 6.45) is -4.46. The highest BCUT2D eigenvalue weighted by molar-refractivity contribution is 5.71. The molecule has 0 saturated heterocycles. The first-order valence-corrected chi connectivity index (χ1v) is 3.45. The molecule has 0 bridgehead atoms. The number of hydrogen-bond acceptors (Lipinski definition) is 3. The van der Waals surface area contributed by atoms with E-state index < -0.39 is 23.6 Å². The summed E-state index contributed by atoms with van der Waals surface area (Å²) in [4.78, 5) is 9.83. The van der Waals surface area contributed by atoms with Crippen molar-refractivity contribution in [2.45, 2.75) is 6.11 Å². The molecule has 1 aromatic carbocycles. The predicted molar refractivity (Wildman–Crippen MR) is 37.0 cm³/mol. The lowest BCUT2D eigenvalue weighted by Crippen LogP contribution is -2.45. The van der Waals surface area contributed by atoms with E-state index in [1.807, 2.05) is 0 Å². The van der Waals surface area contributed by atoms with Crippen molar-refractivity contribution in [3.05, 3.63) is 30.1 Å². The third-order valence-electron chi connectivity index (χ3n) is 1.28. The van der Waals surface area contributed by atoms with Crippen molar-refractivity contribution in [3.63, 3.8) is 0 Å². The molecular formula is C8H4F3O3-. The van der Waals surface area contributed by atoms with Gasteiger partial charge in [0, 0.05) is 6.07 Å². The van der Waals surface area contributed by atoms with Gasteiger partial charge in [-0.3, -0.25) is 0 Å². The Hall–Kier alpha value is -1.72. The number of hydrogen-bond donors (Lipinski definition) is 0. The highest BCUT2D eigenvalue weighted by Gasteiger charge is 2.33. The van der Waals surface area contributed by atoms with Crippen molar-refractivity contribution >= 4 is 5.97 Å². The molecule has 3 nitrogen and oxygen atoms in total. The van der Waals surface area contributed by atoms with Crippen LogP contribution in [0, 0.1) is 5.82 Å². The zero-order valence-corrected chi connectivity index (χ0v) is 6.67. The molecule has 0 unspecified atom stereocenters. The van der Waals surface area contributed by atoms with Gasteiger partial charge in [-0.1, -0.05) is 6.07 Å². The minimum absolute atomic E-state index is 0.584. The molecule has 0 radical (unpaired) electrons. The van der Waals surface area contributed by atoms with Crippen LogP contribution >= 0.6 is 0 Å². The van der Waals surface area contributed by atoms with Gasteiger partial charge >= 0.3 is 6.11 Å². The minimum atomic E-state index is -4.46. The topological polar surface area (TPSA) is 49.4 Å². The van der Waals surface area contributed by atoms with E-state index in [1.54, 1.807) is 0 Å². The molecule has 0 N–H and O–H groups in total. The number of carbonyl (C=O) groups excluding carboxylic acids is 1. The normalized spacial score (nSPS) is 11.1. The van der Waals surface area contributed by atoms with E-state index in [0.29, 0.717) is 6.07 Å². The number of carbonyl (C=O) groups is 1. The smallest absolute Gasteiger partial charge is 0.441 e. The first-order valence-electron chi connectivity index (χ1n) is 3.45. The Labute approximate surface area is 76.7 Å². The highest BCUT2D eigenvalue weighted by Crippen LogP contribution is 2.21. The van der Waals surface area contributed by atoms with Crippen LogP contribution in [-0.4, -0.2) is 12.1 Å². The summed E-state index contributed by atoms with van der Waals surface area (Å²) < 4.78 is 40.9. The summed E-state index contributed by atoms with van der Waals surface area (Å²) in [7, 11) is 0. The van der Waals surface area contributed by atoms with Crippen molar-refractivity contribution in [1.82, 2.24) is 0 Å². The van der Waals surface area contributed by atoms with E-state index >= 15 is 0 Å². The zero-order valence-electron chi connectivity index (χ0n) is 6.67. The van der Waals surface area contributed by atoms with E-state index in [9.17, 15) is 23.1 Å². The quantitative estimate of drug-likeness (QED) is 0.723. The lowest BCUT2D eigenvalue weighted by molar-refractivity contribution is -0.350. The summed E-state index contributed by atoms with van der Waals surface area (Å²) >= 11 is 0. The van der Waals surface area contributed by atoms with Crippen molar-refractivity contribution < 1.29 is 27.8 Å². The number of benzene rings is 1. The Bertz CT molecular complexity index is 351. The number of halogens is 3. The average Bonchev–Trinajstić information content (AvgIpc) is 2.02. The fourth-order valence-corrected chi connectivity index (χ4v) is 0.720. The van der Waals surface area contributed by atoms with E-state index in [-0.39, 0.29) is 0 Å². The van der Waals surface area contributed by atoms with Crippen LogP contribution in [0.4, 0.5) is 13.2 Å². The Morgan fingerprint density at radius 3 is 2.57 bits per heavy atom. The maximum Gasteiger partial charge on any atom is 0.441 e. The lowest BCUT2D eigenvalue weighted by Gasteiger charge is -2.18. The molecule has 0 aromatic heterocycles. The zero-order chi connectivity index (χ0) is 10.8. The van der Waals surface area contributed by atoms with Gasteiger partial charge < -0.3 is 14.6 Å². The second kappa shape index (κ2) is 3.57. The molecule has 0 fully saturated rings. The summed E-state index contributed by atoms with van der Waals surface area (Å²) in [5.41, 5.74) is 0. The predicted octanol–water partition coefficient (Wildman–Crippen LogP) is 0.547. The fraction of sp³-hybridized carbons (Fsp3) is 0.125. The van der Waals surface area contributed by atoms with Gasteiger partial charge in [0.25, 0.3) is 0 Å². The molecule has 0 heterocycles. The first kappa shape index (κ1) is 10.4. The second-order valence-electron chi connectivity index (χ2n) is 2.36. The van der Waals surface area contributed by atoms with Crippen LogP contribution < -0.4 is 9.84 Å². The second-order valence-corrected chi connectivity index (χ2v) is 2.36. The summed E-state index contributed by atoms with van der Waals surface area (Å²) in [6, 6.07) is 3.75. The Morgan fingerprint density at radius 2 is 2.07 bits per heavy atom. The van der Waals surface area contributed by atoms with Crippen molar-refractivity contribution in [3.8, 4) is 5.75 Å². The van der Waals surface area contributed by atoms with Gasteiger partial charge in [0.05, 0.1) is 0 Å². The Morgan fingerprint density at radius 1 is 1.43 bits per heavy atom. The van der Waals surface area contributed by atoms with Crippen LogP contribution in [0.5, 0.6) is 5.75 Å². The highest BCUT2D eigenvalue weighted by atomic mass is 19.3. The summed E-state index contributed by atoms with van der Waals surface area (Å²) in [5.74, 6) is -4.07. The van der Waals surface area contributed by atoms with Crippen LogP contribution in [0.2, 0.25) is 0 Å². The molecule has 0 amide bonds. The third-order valence-corrected chi connectivity index (χ3v) is 1.28. The number of carboxylic acids is 1. The van der Waals surface area contributed by atoms with Crippen LogP contribution in [-0.2, 0) is 4.79 Å². The minimum Gasteiger partial charge on any atom is -0.541 e. The lowest BCUT2D eigenvalue weighted by atomic mass is 10.3. The first-order chi connectivity index (χ1) is 6.42. The van der Waals surface area contributed by atoms with Crippen LogP contribution in [0.25, 0.3) is 0 Å². The maximum absolute atomic E-state index is 12.5. The van der Waals surface area contributed by atoms with Crippen LogP contribution in [0.15, 0.2) is 24.3 Å². The largest absolute Gasteiger partial charge is 0.541 e. The molecule has 6 heteroatoms. The van der Waals surface area contributed by atoms with Gasteiger partial charge in [-0.25, -0.2) is 4.39 Å². The molecule has 0 aliphatic heterocycles. The average molecular weight is 205 g/mol. The van der Waals surface area contributed by atoms with Crippen molar-refractivity contribution in [1.29, 1.82) is 0 Å². The molecule has 0 aliphatic carbocycles. The number of alkyl halides is 2. The van der Waals surface area contributed by atoms with Crippen LogP contribution in [0.3, 0.4) is 0 Å². The third kappa shape index (κ3) is 2.38. The maximum atomic E-state index is 12.5. The summed E-state index contributed by atoms with van der Waals surface area (Å²) in [6.45, 7) is 0. The standard InChI is InChI=1S/C8H5F3O3/c9-5-2-1-3-6(4-5)14-8(10,11)7(12)13/h1-4H,(H,12,13)/p-1. The molecule has 0 aliphatic rings. The molecule has 14 heavy (non-hydrogen) atoms. The fourth-order valence-electron chi connectivity index (χ4n) is 0.720. The number of ether oxygens (including phenoxy) is 1. The number of carboxylic acid groups (broad SMARTS) is 1. The van der Waals surface area contributed by atoms with Crippen molar-refractivity contribution in [2.24, 2.45) is 0 Å². The van der Waals surface area contributed by atoms with E-state index in [0.717, 1.165) is 18.2 Å². The molecule has 0 saturated carbocycles. The SMILES string of the molecule is O=C([O-])C(F)(F)Oc1cccc(F)c1. The van der Waals surface area contributed by atoms with Gasteiger partial charge in [0.15, 0.2) is 5.97 Å². The van der Waals surface area contributed by atoms with Gasteiger partial charge in [-0.2, -0.15) is 8.78 Å². The number of aliphatic carboxylic acids is 1. The van der Waals surface area contributed by atoms with Gasteiger partial charge in [0.1, 0.15) is 11.6 Å². The Balaban J connectivity index is 2.83. The number of rotatable bonds is 3. The van der Waals surface area contributed by atoms with Gasteiger partial charge in [-0.15, -0.1) is 0 Å². The van der Waals surface area contributed by atoms with E-state index in [2.05, 4.69) is 4.74 Å². The molecule has 1 rings (SSSR count). The Kier molecular flexibility index (Phi) is 2.64.